The fourth-order valence-electron chi connectivity index (χ4n) is 1.63. The largest absolute Gasteiger partial charge is 0.380 e. The Kier molecular flexibility index (Phi) is 5.32. The predicted octanol–water partition coefficient (Wildman–Crippen LogP) is 2.21. The summed E-state index contributed by atoms with van der Waals surface area (Å²) in [5.74, 6) is 1.07. The molecule has 1 N–H and O–H groups in total. The first-order valence-electron chi connectivity index (χ1n) is 6.04. The molecule has 92 valence electrons. The van der Waals surface area contributed by atoms with E-state index < -0.39 is 0 Å². The molecule has 0 amide bonds. The lowest BCUT2D eigenvalue weighted by Gasteiger charge is -2.14. The van der Waals surface area contributed by atoms with Gasteiger partial charge in [0.15, 0.2) is 0 Å². The van der Waals surface area contributed by atoms with Crippen LogP contribution in [0.1, 0.15) is 32.9 Å². The highest BCUT2D eigenvalue weighted by Gasteiger charge is 2.07. The molecular weight excluding hydrogens is 202 g/mol. The van der Waals surface area contributed by atoms with E-state index >= 15 is 0 Å². The molecule has 1 atom stereocenters. The van der Waals surface area contributed by atoms with Crippen molar-refractivity contribution in [3.8, 4) is 0 Å². The van der Waals surface area contributed by atoms with Crippen LogP contribution in [0, 0.1) is 0 Å². The minimum absolute atomic E-state index is 0.310. The summed E-state index contributed by atoms with van der Waals surface area (Å²) in [6.45, 7) is 7.78. The van der Waals surface area contributed by atoms with Crippen molar-refractivity contribution < 1.29 is 4.74 Å². The highest BCUT2D eigenvalue weighted by Crippen LogP contribution is 2.11. The summed E-state index contributed by atoms with van der Waals surface area (Å²) in [4.78, 5) is 0. The van der Waals surface area contributed by atoms with Crippen LogP contribution in [-0.4, -0.2) is 29.0 Å². The zero-order valence-electron chi connectivity index (χ0n) is 10.8. The number of hydrogen-bond donors (Lipinski definition) is 1. The molecule has 0 aliphatic rings. The first-order chi connectivity index (χ1) is 7.67. The molecule has 0 saturated heterocycles. The molecule has 0 radical (unpaired) electrons. The van der Waals surface area contributed by atoms with E-state index in [9.17, 15) is 0 Å². The average molecular weight is 225 g/mol. The summed E-state index contributed by atoms with van der Waals surface area (Å²) in [6.07, 6.45) is 2.17. The molecule has 4 nitrogen and oxygen atoms in total. The van der Waals surface area contributed by atoms with Crippen molar-refractivity contribution in [2.24, 2.45) is 7.05 Å². The lowest BCUT2D eigenvalue weighted by atomic mass is 10.2. The number of aryl methyl sites for hydroxylation is 2. The van der Waals surface area contributed by atoms with Gasteiger partial charge in [-0.05, 0) is 20.3 Å². The number of nitrogens with zero attached hydrogens (tertiary/aromatic N) is 2. The molecule has 0 aromatic carbocycles. The van der Waals surface area contributed by atoms with Gasteiger partial charge in [-0.1, -0.05) is 13.3 Å². The molecule has 1 aromatic heterocycles. The molecule has 0 spiro atoms. The van der Waals surface area contributed by atoms with E-state index in [-0.39, 0.29) is 0 Å². The maximum atomic E-state index is 5.37. The van der Waals surface area contributed by atoms with Gasteiger partial charge in [0.1, 0.15) is 5.82 Å². The van der Waals surface area contributed by atoms with E-state index in [0.717, 1.165) is 37.6 Å². The highest BCUT2D eigenvalue weighted by molar-refractivity contribution is 5.37. The van der Waals surface area contributed by atoms with Gasteiger partial charge in [0, 0.05) is 25.8 Å². The number of rotatable bonds is 7. The van der Waals surface area contributed by atoms with Crippen molar-refractivity contribution in [3.63, 3.8) is 0 Å². The van der Waals surface area contributed by atoms with Crippen LogP contribution in [0.3, 0.4) is 0 Å². The maximum absolute atomic E-state index is 5.37. The second-order valence-corrected chi connectivity index (χ2v) is 4.10. The molecule has 1 aromatic rings. The van der Waals surface area contributed by atoms with E-state index in [0.29, 0.717) is 6.04 Å². The number of ether oxygens (including phenoxy) is 1. The average Bonchev–Trinajstić information content (AvgIpc) is 2.57. The Balaban J connectivity index is 2.52. The highest BCUT2D eigenvalue weighted by atomic mass is 16.5. The molecule has 0 bridgehead atoms. The van der Waals surface area contributed by atoms with Crippen molar-refractivity contribution >= 4 is 5.82 Å². The normalized spacial score (nSPS) is 12.8. The first kappa shape index (κ1) is 13.0. The number of aromatic nitrogens is 2. The van der Waals surface area contributed by atoms with Gasteiger partial charge in [0.2, 0.25) is 0 Å². The summed E-state index contributed by atoms with van der Waals surface area (Å²) in [6, 6.07) is 2.43. The lowest BCUT2D eigenvalue weighted by molar-refractivity contribution is 0.141. The van der Waals surface area contributed by atoms with E-state index in [1.165, 1.54) is 0 Å². The Labute approximate surface area is 98.0 Å². The monoisotopic (exact) mass is 225 g/mol. The topological polar surface area (TPSA) is 39.1 Å². The molecular formula is C12H23N3O. The minimum atomic E-state index is 0.310. The van der Waals surface area contributed by atoms with Crippen molar-refractivity contribution in [2.45, 2.75) is 39.7 Å². The van der Waals surface area contributed by atoms with Gasteiger partial charge >= 0.3 is 0 Å². The molecule has 1 unspecified atom stereocenters. The van der Waals surface area contributed by atoms with E-state index in [1.807, 2.05) is 18.7 Å². The van der Waals surface area contributed by atoms with E-state index in [4.69, 9.17) is 4.74 Å². The van der Waals surface area contributed by atoms with Gasteiger partial charge in [0.05, 0.1) is 12.3 Å². The minimum Gasteiger partial charge on any atom is -0.380 e. The van der Waals surface area contributed by atoms with E-state index in [1.54, 1.807) is 0 Å². The Morgan fingerprint density at radius 3 is 2.88 bits per heavy atom. The standard InChI is InChI=1S/C12H23N3O/c1-5-7-11-8-12(15(4)14-11)13-10(3)9-16-6-2/h8,10,13H,5-7,9H2,1-4H3. The quantitative estimate of drug-likeness (QED) is 0.773. The maximum Gasteiger partial charge on any atom is 0.124 e. The van der Waals surface area contributed by atoms with Gasteiger partial charge in [0.25, 0.3) is 0 Å². The molecule has 0 fully saturated rings. The van der Waals surface area contributed by atoms with Crippen LogP contribution in [0.4, 0.5) is 5.82 Å². The number of nitrogens with one attached hydrogen (secondary N) is 1. The van der Waals surface area contributed by atoms with E-state index in [2.05, 4.69) is 30.3 Å². The van der Waals surface area contributed by atoms with Crippen LogP contribution in [0.25, 0.3) is 0 Å². The summed E-state index contributed by atoms with van der Waals surface area (Å²) in [5, 5.41) is 7.85. The second kappa shape index (κ2) is 6.53. The molecule has 16 heavy (non-hydrogen) atoms. The third-order valence-electron chi connectivity index (χ3n) is 2.40. The smallest absolute Gasteiger partial charge is 0.124 e. The Morgan fingerprint density at radius 1 is 1.50 bits per heavy atom. The van der Waals surface area contributed by atoms with Crippen molar-refractivity contribution in [3.05, 3.63) is 11.8 Å². The Hall–Kier alpha value is -1.03. The van der Waals surface area contributed by atoms with Crippen LogP contribution in [0.15, 0.2) is 6.07 Å². The third kappa shape index (κ3) is 3.85. The lowest BCUT2D eigenvalue weighted by Crippen LogP contribution is -2.23. The molecule has 0 aliphatic heterocycles. The van der Waals surface area contributed by atoms with Crippen LogP contribution in [-0.2, 0) is 18.2 Å². The van der Waals surface area contributed by atoms with Crippen LogP contribution >= 0.6 is 0 Å². The van der Waals surface area contributed by atoms with Gasteiger partial charge in [-0.3, -0.25) is 4.68 Å². The molecule has 0 saturated carbocycles. The first-order valence-corrected chi connectivity index (χ1v) is 6.04. The fraction of sp³-hybridized carbons (Fsp3) is 0.750. The van der Waals surface area contributed by atoms with Crippen LogP contribution in [0.5, 0.6) is 0 Å². The zero-order chi connectivity index (χ0) is 12.0. The SMILES string of the molecule is CCCc1cc(NC(C)COCC)n(C)n1. The van der Waals surface area contributed by atoms with Crippen LogP contribution < -0.4 is 5.32 Å². The summed E-state index contributed by atoms with van der Waals surface area (Å²) in [7, 11) is 1.97. The summed E-state index contributed by atoms with van der Waals surface area (Å²) < 4.78 is 7.27. The third-order valence-corrected chi connectivity index (χ3v) is 2.40. The van der Waals surface area contributed by atoms with Crippen LogP contribution in [0.2, 0.25) is 0 Å². The number of hydrogen-bond acceptors (Lipinski definition) is 3. The molecule has 0 aliphatic carbocycles. The molecule has 1 heterocycles. The Morgan fingerprint density at radius 2 is 2.25 bits per heavy atom. The van der Waals surface area contributed by atoms with Gasteiger partial charge in [-0.15, -0.1) is 0 Å². The number of anilines is 1. The molecule has 4 heteroatoms. The zero-order valence-corrected chi connectivity index (χ0v) is 10.8. The predicted molar refractivity (Wildman–Crippen MR) is 66.8 cm³/mol. The fourth-order valence-corrected chi connectivity index (χ4v) is 1.63. The van der Waals surface area contributed by atoms with Gasteiger partial charge < -0.3 is 10.1 Å². The summed E-state index contributed by atoms with van der Waals surface area (Å²) in [5.41, 5.74) is 1.15. The molecule has 1 rings (SSSR count). The van der Waals surface area contributed by atoms with Crippen molar-refractivity contribution in [1.82, 2.24) is 9.78 Å². The van der Waals surface area contributed by atoms with Crippen molar-refractivity contribution in [2.75, 3.05) is 18.5 Å². The summed E-state index contributed by atoms with van der Waals surface area (Å²) >= 11 is 0. The van der Waals surface area contributed by atoms with Gasteiger partial charge in [-0.2, -0.15) is 5.10 Å². The van der Waals surface area contributed by atoms with Gasteiger partial charge in [-0.25, -0.2) is 0 Å². The second-order valence-electron chi connectivity index (χ2n) is 4.10. The Bertz CT molecular complexity index is 309. The van der Waals surface area contributed by atoms with Crippen molar-refractivity contribution in [1.29, 1.82) is 0 Å².